The number of phenols is 1. The van der Waals surface area contributed by atoms with Gasteiger partial charge < -0.3 is 10.4 Å². The molecule has 2 nitrogen and oxygen atoms in total. The highest BCUT2D eigenvalue weighted by atomic mass is 16.3. The number of benzene rings is 1. The van der Waals surface area contributed by atoms with E-state index in [1.54, 1.807) is 0 Å². The molecule has 1 fully saturated rings. The minimum absolute atomic E-state index is 0.391. The first-order chi connectivity index (χ1) is 8.49. The van der Waals surface area contributed by atoms with Crippen molar-refractivity contribution in [1.29, 1.82) is 0 Å². The molecule has 2 atom stereocenters. The fourth-order valence-corrected chi connectivity index (χ4v) is 3.10. The Labute approximate surface area is 110 Å². The van der Waals surface area contributed by atoms with E-state index in [1.807, 2.05) is 13.0 Å². The lowest BCUT2D eigenvalue weighted by molar-refractivity contribution is 0.268. The second-order valence-corrected chi connectivity index (χ2v) is 6.01. The lowest BCUT2D eigenvalue weighted by Crippen LogP contribution is -2.37. The maximum Gasteiger partial charge on any atom is 0.118 e. The molecule has 18 heavy (non-hydrogen) atoms. The number of anilines is 1. The standard InChI is InChI=1S/C16H25NO/c1-10-6-5-7-11(2)16(10)17-14-8-13(4)15(18)9-12(14)3/h8-11,16-18H,5-7H2,1-4H3. The van der Waals surface area contributed by atoms with Crippen molar-refractivity contribution in [3.63, 3.8) is 0 Å². The predicted molar refractivity (Wildman–Crippen MR) is 77.2 cm³/mol. The van der Waals surface area contributed by atoms with Gasteiger partial charge >= 0.3 is 0 Å². The summed E-state index contributed by atoms with van der Waals surface area (Å²) in [6.45, 7) is 8.69. The molecule has 1 aliphatic carbocycles. The maximum atomic E-state index is 9.71. The van der Waals surface area contributed by atoms with Gasteiger partial charge in [-0.2, -0.15) is 0 Å². The predicted octanol–water partition coefficient (Wildman–Crippen LogP) is 4.25. The highest BCUT2D eigenvalue weighted by Gasteiger charge is 2.27. The molecular weight excluding hydrogens is 222 g/mol. The average molecular weight is 247 g/mol. The van der Waals surface area contributed by atoms with Crippen LogP contribution in [0.25, 0.3) is 0 Å². The van der Waals surface area contributed by atoms with E-state index >= 15 is 0 Å². The first kappa shape index (κ1) is 13.3. The first-order valence-corrected chi connectivity index (χ1v) is 7.05. The smallest absolute Gasteiger partial charge is 0.118 e. The minimum atomic E-state index is 0.391. The van der Waals surface area contributed by atoms with Gasteiger partial charge in [-0.15, -0.1) is 0 Å². The Morgan fingerprint density at radius 1 is 1.06 bits per heavy atom. The SMILES string of the molecule is Cc1cc(NC2C(C)CCCC2C)c(C)cc1O. The molecule has 0 aliphatic heterocycles. The van der Waals surface area contributed by atoms with Gasteiger partial charge in [0, 0.05) is 11.7 Å². The lowest BCUT2D eigenvalue weighted by atomic mass is 9.78. The normalized spacial score (nSPS) is 28.1. The van der Waals surface area contributed by atoms with Gasteiger partial charge in [0.15, 0.2) is 0 Å². The van der Waals surface area contributed by atoms with E-state index in [2.05, 4.69) is 32.2 Å². The van der Waals surface area contributed by atoms with Crippen LogP contribution < -0.4 is 5.32 Å². The Hall–Kier alpha value is -1.18. The Kier molecular flexibility index (Phi) is 3.84. The third kappa shape index (κ3) is 2.63. The van der Waals surface area contributed by atoms with E-state index in [1.165, 1.54) is 24.9 Å². The van der Waals surface area contributed by atoms with Gasteiger partial charge in [0.1, 0.15) is 5.75 Å². The Morgan fingerprint density at radius 3 is 2.28 bits per heavy atom. The van der Waals surface area contributed by atoms with Gasteiger partial charge in [-0.3, -0.25) is 0 Å². The van der Waals surface area contributed by atoms with Crippen LogP contribution in [-0.2, 0) is 0 Å². The summed E-state index contributed by atoms with van der Waals surface area (Å²) in [6, 6.07) is 4.48. The van der Waals surface area contributed by atoms with Crippen LogP contribution in [0.5, 0.6) is 5.75 Å². The summed E-state index contributed by atoms with van der Waals surface area (Å²) in [6.07, 6.45) is 3.99. The zero-order valence-electron chi connectivity index (χ0n) is 12.0. The second kappa shape index (κ2) is 5.21. The van der Waals surface area contributed by atoms with Crippen molar-refractivity contribution in [3.8, 4) is 5.75 Å². The summed E-state index contributed by atoms with van der Waals surface area (Å²) in [4.78, 5) is 0. The zero-order valence-corrected chi connectivity index (χ0v) is 12.0. The molecule has 0 heterocycles. The third-order valence-electron chi connectivity index (χ3n) is 4.41. The molecule has 1 saturated carbocycles. The molecule has 2 unspecified atom stereocenters. The lowest BCUT2D eigenvalue weighted by Gasteiger charge is -2.36. The number of rotatable bonds is 2. The van der Waals surface area contributed by atoms with Gasteiger partial charge in [-0.05, 0) is 61.8 Å². The first-order valence-electron chi connectivity index (χ1n) is 7.05. The third-order valence-corrected chi connectivity index (χ3v) is 4.41. The Balaban J connectivity index is 2.20. The van der Waals surface area contributed by atoms with E-state index in [0.717, 1.165) is 23.0 Å². The quantitative estimate of drug-likeness (QED) is 0.766. The number of hydrogen-bond acceptors (Lipinski definition) is 2. The summed E-state index contributed by atoms with van der Waals surface area (Å²) in [7, 11) is 0. The molecule has 1 aliphatic rings. The highest BCUT2D eigenvalue weighted by Crippen LogP contribution is 2.33. The van der Waals surface area contributed by atoms with Gasteiger partial charge in [0.25, 0.3) is 0 Å². The topological polar surface area (TPSA) is 32.3 Å². The van der Waals surface area contributed by atoms with Crippen molar-refractivity contribution in [2.24, 2.45) is 11.8 Å². The molecule has 0 saturated heterocycles. The Bertz CT molecular complexity index is 417. The fourth-order valence-electron chi connectivity index (χ4n) is 3.10. The second-order valence-electron chi connectivity index (χ2n) is 6.01. The number of aromatic hydroxyl groups is 1. The molecule has 0 spiro atoms. The average Bonchev–Trinajstić information content (AvgIpc) is 2.30. The summed E-state index contributed by atoms with van der Waals surface area (Å²) in [5.41, 5.74) is 3.25. The van der Waals surface area contributed by atoms with Gasteiger partial charge in [-0.25, -0.2) is 0 Å². The Morgan fingerprint density at radius 2 is 1.67 bits per heavy atom. The van der Waals surface area contributed by atoms with Crippen LogP contribution in [0.2, 0.25) is 0 Å². The highest BCUT2D eigenvalue weighted by molar-refractivity contribution is 5.57. The van der Waals surface area contributed by atoms with Crippen LogP contribution in [-0.4, -0.2) is 11.1 Å². The summed E-state index contributed by atoms with van der Waals surface area (Å²) >= 11 is 0. The molecule has 2 rings (SSSR count). The zero-order chi connectivity index (χ0) is 13.3. The largest absolute Gasteiger partial charge is 0.508 e. The molecule has 2 heteroatoms. The molecule has 1 aromatic rings. The van der Waals surface area contributed by atoms with Crippen LogP contribution >= 0.6 is 0 Å². The molecular formula is C16H25NO. The molecule has 0 aromatic heterocycles. The fraction of sp³-hybridized carbons (Fsp3) is 0.625. The maximum absolute atomic E-state index is 9.71. The van der Waals surface area contributed by atoms with E-state index < -0.39 is 0 Å². The van der Waals surface area contributed by atoms with Gasteiger partial charge in [0.05, 0.1) is 0 Å². The van der Waals surface area contributed by atoms with Crippen molar-refractivity contribution in [3.05, 3.63) is 23.3 Å². The van der Waals surface area contributed by atoms with E-state index in [9.17, 15) is 5.11 Å². The molecule has 0 amide bonds. The minimum Gasteiger partial charge on any atom is -0.508 e. The van der Waals surface area contributed by atoms with Crippen LogP contribution in [0.15, 0.2) is 12.1 Å². The molecule has 0 radical (unpaired) electrons. The molecule has 2 N–H and O–H groups in total. The van der Waals surface area contributed by atoms with Gasteiger partial charge in [0.2, 0.25) is 0 Å². The van der Waals surface area contributed by atoms with E-state index in [4.69, 9.17) is 0 Å². The summed E-state index contributed by atoms with van der Waals surface area (Å²) in [5.74, 6) is 1.84. The van der Waals surface area contributed by atoms with Crippen molar-refractivity contribution < 1.29 is 5.11 Å². The summed E-state index contributed by atoms with van der Waals surface area (Å²) in [5, 5.41) is 13.4. The number of phenolic OH excluding ortho intramolecular Hbond substituents is 1. The van der Waals surface area contributed by atoms with E-state index in [-0.39, 0.29) is 0 Å². The van der Waals surface area contributed by atoms with Crippen LogP contribution in [0.4, 0.5) is 5.69 Å². The van der Waals surface area contributed by atoms with E-state index in [0.29, 0.717) is 11.8 Å². The van der Waals surface area contributed by atoms with Crippen molar-refractivity contribution in [2.45, 2.75) is 53.0 Å². The number of hydrogen-bond donors (Lipinski definition) is 2. The molecule has 0 bridgehead atoms. The van der Waals surface area contributed by atoms with Gasteiger partial charge in [-0.1, -0.05) is 20.3 Å². The van der Waals surface area contributed by atoms with Crippen molar-refractivity contribution in [2.75, 3.05) is 5.32 Å². The van der Waals surface area contributed by atoms with Crippen molar-refractivity contribution >= 4 is 5.69 Å². The molecule has 100 valence electrons. The van der Waals surface area contributed by atoms with Crippen LogP contribution in [0.1, 0.15) is 44.2 Å². The summed E-state index contributed by atoms with van der Waals surface area (Å²) < 4.78 is 0. The van der Waals surface area contributed by atoms with Crippen LogP contribution in [0, 0.1) is 25.7 Å². The monoisotopic (exact) mass is 247 g/mol. The molecule has 1 aromatic carbocycles. The van der Waals surface area contributed by atoms with Crippen molar-refractivity contribution in [1.82, 2.24) is 0 Å². The van der Waals surface area contributed by atoms with Crippen LogP contribution in [0.3, 0.4) is 0 Å². The number of nitrogens with one attached hydrogen (secondary N) is 1. The number of aryl methyl sites for hydroxylation is 2.